The molecular weight excluding hydrogens is 356 g/mol. The van der Waals surface area contributed by atoms with Crippen LogP contribution in [0.25, 0.3) is 0 Å². The fourth-order valence-electron chi connectivity index (χ4n) is 3.00. The highest BCUT2D eigenvalue weighted by molar-refractivity contribution is 7.89. The van der Waals surface area contributed by atoms with Gasteiger partial charge >= 0.3 is 0 Å². The maximum atomic E-state index is 12.8. The Kier molecular flexibility index (Phi) is 11.4. The number of sulfonamides is 1. The van der Waals surface area contributed by atoms with Crippen LogP contribution in [0.3, 0.4) is 0 Å². The van der Waals surface area contributed by atoms with E-state index >= 15 is 0 Å². The van der Waals surface area contributed by atoms with E-state index in [9.17, 15) is 8.42 Å². The van der Waals surface area contributed by atoms with E-state index in [2.05, 4.69) is 46.7 Å². The Morgan fingerprint density at radius 1 is 0.926 bits per heavy atom. The molecule has 0 bridgehead atoms. The molecule has 1 aromatic carbocycles. The summed E-state index contributed by atoms with van der Waals surface area (Å²) in [6.07, 6.45) is 4.34. The van der Waals surface area contributed by atoms with Crippen LogP contribution in [0.1, 0.15) is 72.3 Å². The van der Waals surface area contributed by atoms with Crippen LogP contribution in [0.4, 0.5) is 0 Å². The zero-order valence-electron chi connectivity index (χ0n) is 17.7. The van der Waals surface area contributed by atoms with Crippen molar-refractivity contribution in [1.29, 1.82) is 0 Å². The van der Waals surface area contributed by atoms with Crippen molar-refractivity contribution in [3.8, 4) is 0 Å². The van der Waals surface area contributed by atoms with E-state index in [4.69, 9.17) is 0 Å². The molecule has 2 unspecified atom stereocenters. The predicted octanol–water partition coefficient (Wildman–Crippen LogP) is 5.21. The van der Waals surface area contributed by atoms with E-state index in [1.54, 1.807) is 19.2 Å². The van der Waals surface area contributed by atoms with Crippen LogP contribution < -0.4 is 0 Å². The van der Waals surface area contributed by atoms with Crippen LogP contribution in [0.15, 0.2) is 29.2 Å². The molecule has 0 saturated carbocycles. The summed E-state index contributed by atoms with van der Waals surface area (Å²) in [6, 6.07) is 7.70. The molecule has 0 aliphatic carbocycles. The first-order chi connectivity index (χ1) is 12.1. The molecule has 0 aliphatic heterocycles. The highest BCUT2D eigenvalue weighted by Gasteiger charge is 2.22. The SMILES string of the molecule is C.CCC(C)CCC(CCN(C)S(=O)(=O)c1ccc(C(C)C)cc1)N(C)C. The maximum Gasteiger partial charge on any atom is 0.242 e. The Bertz CT molecular complexity index is 624. The molecular formula is C22H42N2O2S. The topological polar surface area (TPSA) is 40.6 Å². The molecule has 0 heterocycles. The van der Waals surface area contributed by atoms with Gasteiger partial charge in [-0.3, -0.25) is 0 Å². The van der Waals surface area contributed by atoms with Crippen molar-refractivity contribution in [3.05, 3.63) is 29.8 Å². The van der Waals surface area contributed by atoms with Gasteiger partial charge < -0.3 is 4.90 Å². The quantitative estimate of drug-likeness (QED) is 0.513. The Morgan fingerprint density at radius 2 is 1.48 bits per heavy atom. The molecule has 0 N–H and O–H groups in total. The highest BCUT2D eigenvalue weighted by Crippen LogP contribution is 2.21. The highest BCUT2D eigenvalue weighted by atomic mass is 32.2. The van der Waals surface area contributed by atoms with Gasteiger partial charge in [-0.2, -0.15) is 0 Å². The van der Waals surface area contributed by atoms with E-state index in [1.807, 2.05) is 12.1 Å². The van der Waals surface area contributed by atoms with Crippen LogP contribution in [-0.4, -0.2) is 51.4 Å². The van der Waals surface area contributed by atoms with Gasteiger partial charge in [0.15, 0.2) is 0 Å². The summed E-state index contributed by atoms with van der Waals surface area (Å²) in [4.78, 5) is 2.60. The van der Waals surface area contributed by atoms with Crippen molar-refractivity contribution < 1.29 is 8.42 Å². The predicted molar refractivity (Wildman–Crippen MR) is 118 cm³/mol. The molecule has 0 fully saturated rings. The average molecular weight is 399 g/mol. The van der Waals surface area contributed by atoms with Crippen LogP contribution in [0.2, 0.25) is 0 Å². The van der Waals surface area contributed by atoms with E-state index in [-0.39, 0.29) is 7.43 Å². The normalized spacial score (nSPS) is 14.4. The van der Waals surface area contributed by atoms with E-state index in [0.717, 1.165) is 24.3 Å². The summed E-state index contributed by atoms with van der Waals surface area (Å²) >= 11 is 0. The lowest BCUT2D eigenvalue weighted by molar-refractivity contribution is 0.237. The molecule has 27 heavy (non-hydrogen) atoms. The standard InChI is InChI=1S/C21H38N2O2S.CH4/c1-8-18(4)9-12-20(22(5)6)15-16-23(7)26(24,25)21-13-10-19(11-14-21)17(2)3;/h10-11,13-14,17-18,20H,8-9,12,15-16H2,1-7H3;1H4. The Morgan fingerprint density at radius 3 is 1.93 bits per heavy atom. The molecule has 0 saturated heterocycles. The number of benzene rings is 1. The molecule has 1 rings (SSSR count). The zero-order chi connectivity index (χ0) is 19.9. The van der Waals surface area contributed by atoms with Gasteiger partial charge in [0.1, 0.15) is 0 Å². The maximum absolute atomic E-state index is 12.8. The fourth-order valence-corrected chi connectivity index (χ4v) is 4.18. The third kappa shape index (κ3) is 7.92. The smallest absolute Gasteiger partial charge is 0.242 e. The van der Waals surface area contributed by atoms with E-state index in [0.29, 0.717) is 23.4 Å². The van der Waals surface area contributed by atoms with Gasteiger partial charge in [-0.05, 0) is 62.9 Å². The lowest BCUT2D eigenvalue weighted by atomic mass is 9.97. The first-order valence-corrected chi connectivity index (χ1v) is 11.3. The lowest BCUT2D eigenvalue weighted by Crippen LogP contribution is -2.35. The first kappa shape index (κ1) is 26.1. The second-order valence-corrected chi connectivity index (χ2v) is 10.1. The van der Waals surface area contributed by atoms with Gasteiger partial charge in [0.2, 0.25) is 10.0 Å². The minimum atomic E-state index is -3.42. The third-order valence-corrected chi connectivity index (χ3v) is 7.32. The molecule has 0 aliphatic rings. The minimum absolute atomic E-state index is 0. The van der Waals surface area contributed by atoms with E-state index in [1.165, 1.54) is 17.1 Å². The second-order valence-electron chi connectivity index (χ2n) is 8.05. The molecule has 0 aromatic heterocycles. The van der Waals surface area contributed by atoms with Crippen LogP contribution in [-0.2, 0) is 10.0 Å². The van der Waals surface area contributed by atoms with Crippen LogP contribution in [0, 0.1) is 5.92 Å². The summed E-state index contributed by atoms with van der Waals surface area (Å²) in [6.45, 7) is 9.26. The monoisotopic (exact) mass is 398 g/mol. The van der Waals surface area contributed by atoms with Gasteiger partial charge in [-0.15, -0.1) is 0 Å². The molecule has 2 atom stereocenters. The van der Waals surface area contributed by atoms with E-state index < -0.39 is 10.0 Å². The van der Waals surface area contributed by atoms with Crippen molar-refractivity contribution in [3.63, 3.8) is 0 Å². The molecule has 5 heteroatoms. The third-order valence-electron chi connectivity index (χ3n) is 5.45. The zero-order valence-corrected chi connectivity index (χ0v) is 18.5. The Balaban J connectivity index is 0.00000676. The second kappa shape index (κ2) is 11.8. The fraction of sp³-hybridized carbons (Fsp3) is 0.727. The van der Waals surface area contributed by atoms with Gasteiger partial charge in [0.05, 0.1) is 4.90 Å². The van der Waals surface area contributed by atoms with Gasteiger partial charge in [-0.1, -0.05) is 53.7 Å². The molecule has 0 spiro atoms. The van der Waals surface area contributed by atoms with Crippen LogP contribution in [0.5, 0.6) is 0 Å². The lowest BCUT2D eigenvalue weighted by Gasteiger charge is -2.27. The molecule has 0 radical (unpaired) electrons. The van der Waals surface area contributed by atoms with Crippen molar-refractivity contribution in [1.82, 2.24) is 9.21 Å². The largest absolute Gasteiger partial charge is 0.306 e. The van der Waals surface area contributed by atoms with Gasteiger partial charge in [-0.25, -0.2) is 12.7 Å². The van der Waals surface area contributed by atoms with Gasteiger partial charge in [0.25, 0.3) is 0 Å². The van der Waals surface area contributed by atoms with Crippen molar-refractivity contribution >= 4 is 10.0 Å². The molecule has 4 nitrogen and oxygen atoms in total. The molecule has 0 amide bonds. The number of hydrogen-bond acceptors (Lipinski definition) is 3. The Hall–Kier alpha value is -0.910. The summed E-state index contributed by atoms with van der Waals surface area (Å²) in [5.41, 5.74) is 1.16. The van der Waals surface area contributed by atoms with Crippen molar-refractivity contribution in [2.24, 2.45) is 5.92 Å². The number of hydrogen-bond donors (Lipinski definition) is 0. The minimum Gasteiger partial charge on any atom is -0.306 e. The first-order valence-electron chi connectivity index (χ1n) is 9.82. The summed E-state index contributed by atoms with van der Waals surface area (Å²) in [5.74, 6) is 1.12. The number of nitrogens with zero attached hydrogens (tertiary/aromatic N) is 2. The molecule has 158 valence electrons. The summed E-state index contributed by atoms with van der Waals surface area (Å²) in [7, 11) is 2.43. The van der Waals surface area contributed by atoms with Crippen LogP contribution >= 0.6 is 0 Å². The summed E-state index contributed by atoms with van der Waals surface area (Å²) in [5, 5.41) is 0. The van der Waals surface area contributed by atoms with Crippen molar-refractivity contribution in [2.75, 3.05) is 27.7 Å². The molecule has 1 aromatic rings. The number of rotatable bonds is 11. The Labute approximate surface area is 169 Å². The van der Waals surface area contributed by atoms with Gasteiger partial charge in [0, 0.05) is 19.6 Å². The van der Waals surface area contributed by atoms with Crippen molar-refractivity contribution in [2.45, 2.75) is 77.7 Å². The average Bonchev–Trinajstić information content (AvgIpc) is 2.60. The summed E-state index contributed by atoms with van der Waals surface area (Å²) < 4.78 is 27.1.